The van der Waals surface area contributed by atoms with Gasteiger partial charge in [0.1, 0.15) is 5.75 Å². The van der Waals surface area contributed by atoms with Gasteiger partial charge in [0.15, 0.2) is 0 Å². The van der Waals surface area contributed by atoms with E-state index in [1.807, 2.05) is 36.4 Å². The average Bonchev–Trinajstić information content (AvgIpc) is 2.47. The van der Waals surface area contributed by atoms with E-state index in [1.54, 1.807) is 0 Å². The number of hydrogen-bond acceptors (Lipinski definition) is 2. The molecular formula is C17H20ClNO. The minimum absolute atomic E-state index is 0.745. The number of hydrogen-bond donors (Lipinski definition) is 1. The molecule has 0 atom stereocenters. The smallest absolute Gasteiger partial charge is 0.119 e. The number of unbranched alkanes of at least 4 members (excludes halogenated alkanes) is 1. The number of anilines is 1. The van der Waals surface area contributed by atoms with Crippen LogP contribution in [0.4, 0.5) is 5.69 Å². The number of benzene rings is 2. The van der Waals surface area contributed by atoms with Gasteiger partial charge in [-0.15, -0.1) is 0 Å². The Morgan fingerprint density at radius 1 is 1.10 bits per heavy atom. The van der Waals surface area contributed by atoms with Crippen LogP contribution in [0.3, 0.4) is 0 Å². The van der Waals surface area contributed by atoms with Crippen molar-refractivity contribution in [3.05, 3.63) is 59.1 Å². The third-order valence-electron chi connectivity index (χ3n) is 3.01. The molecule has 2 rings (SSSR count). The molecule has 0 aromatic heterocycles. The van der Waals surface area contributed by atoms with Gasteiger partial charge in [0, 0.05) is 17.3 Å². The van der Waals surface area contributed by atoms with Crippen molar-refractivity contribution in [3.63, 3.8) is 0 Å². The molecule has 0 heterocycles. The molecule has 20 heavy (non-hydrogen) atoms. The van der Waals surface area contributed by atoms with Gasteiger partial charge < -0.3 is 10.1 Å². The minimum Gasteiger partial charge on any atom is -0.494 e. The Morgan fingerprint density at radius 2 is 1.90 bits per heavy atom. The Morgan fingerprint density at radius 3 is 2.60 bits per heavy atom. The molecule has 106 valence electrons. The Bertz CT molecular complexity index is 525. The fraction of sp³-hybridized carbons (Fsp3) is 0.294. The maximum absolute atomic E-state index is 5.95. The van der Waals surface area contributed by atoms with Gasteiger partial charge in [0.2, 0.25) is 0 Å². The number of ether oxygens (including phenoxy) is 1. The molecule has 0 aliphatic heterocycles. The summed E-state index contributed by atoms with van der Waals surface area (Å²) in [7, 11) is 0. The quantitative estimate of drug-likeness (QED) is 0.713. The van der Waals surface area contributed by atoms with E-state index < -0.39 is 0 Å². The van der Waals surface area contributed by atoms with E-state index in [0.29, 0.717) is 0 Å². The largest absolute Gasteiger partial charge is 0.494 e. The molecule has 2 nitrogen and oxygen atoms in total. The van der Waals surface area contributed by atoms with Crippen molar-refractivity contribution < 1.29 is 4.74 Å². The van der Waals surface area contributed by atoms with Crippen molar-refractivity contribution in [1.29, 1.82) is 0 Å². The van der Waals surface area contributed by atoms with Crippen molar-refractivity contribution in [3.8, 4) is 5.75 Å². The van der Waals surface area contributed by atoms with E-state index in [-0.39, 0.29) is 0 Å². The SMILES string of the molecule is CCCCOc1ccc(CNc2cccc(Cl)c2)cc1. The van der Waals surface area contributed by atoms with Crippen LogP contribution in [0.2, 0.25) is 5.02 Å². The molecule has 0 fully saturated rings. The third-order valence-corrected chi connectivity index (χ3v) is 3.25. The summed E-state index contributed by atoms with van der Waals surface area (Å²) in [5.74, 6) is 0.935. The van der Waals surface area contributed by atoms with Gasteiger partial charge in [-0.3, -0.25) is 0 Å². The lowest BCUT2D eigenvalue weighted by atomic mass is 10.2. The van der Waals surface area contributed by atoms with Crippen LogP contribution in [0.5, 0.6) is 5.75 Å². The summed E-state index contributed by atoms with van der Waals surface area (Å²) in [6.07, 6.45) is 2.25. The zero-order chi connectivity index (χ0) is 14.2. The van der Waals surface area contributed by atoms with Gasteiger partial charge >= 0.3 is 0 Å². The molecule has 0 aliphatic carbocycles. The molecule has 0 saturated heterocycles. The Hall–Kier alpha value is -1.67. The maximum Gasteiger partial charge on any atom is 0.119 e. The molecule has 1 N–H and O–H groups in total. The second-order valence-electron chi connectivity index (χ2n) is 4.71. The summed E-state index contributed by atoms with van der Waals surface area (Å²) in [6, 6.07) is 15.9. The van der Waals surface area contributed by atoms with Crippen LogP contribution in [0.1, 0.15) is 25.3 Å². The van der Waals surface area contributed by atoms with Crippen LogP contribution in [0.15, 0.2) is 48.5 Å². The van der Waals surface area contributed by atoms with Gasteiger partial charge in [-0.25, -0.2) is 0 Å². The monoisotopic (exact) mass is 289 g/mol. The Labute approximate surface area is 125 Å². The molecule has 0 spiro atoms. The van der Waals surface area contributed by atoms with Gasteiger partial charge in [-0.05, 0) is 42.3 Å². The summed E-state index contributed by atoms with van der Waals surface area (Å²) in [5, 5.41) is 4.09. The van der Waals surface area contributed by atoms with Crippen molar-refractivity contribution in [1.82, 2.24) is 0 Å². The summed E-state index contributed by atoms with van der Waals surface area (Å²) in [5.41, 5.74) is 2.24. The van der Waals surface area contributed by atoms with E-state index in [4.69, 9.17) is 16.3 Å². The fourth-order valence-electron chi connectivity index (χ4n) is 1.84. The lowest BCUT2D eigenvalue weighted by molar-refractivity contribution is 0.309. The van der Waals surface area contributed by atoms with Crippen LogP contribution >= 0.6 is 11.6 Å². The fourth-order valence-corrected chi connectivity index (χ4v) is 2.03. The van der Waals surface area contributed by atoms with Crippen LogP contribution in [-0.2, 0) is 6.54 Å². The van der Waals surface area contributed by atoms with Crippen LogP contribution in [0, 0.1) is 0 Å². The minimum atomic E-state index is 0.745. The highest BCUT2D eigenvalue weighted by molar-refractivity contribution is 6.30. The summed E-state index contributed by atoms with van der Waals surface area (Å²) in [6.45, 7) is 3.72. The van der Waals surface area contributed by atoms with Crippen molar-refractivity contribution in [2.75, 3.05) is 11.9 Å². The van der Waals surface area contributed by atoms with Crippen LogP contribution < -0.4 is 10.1 Å². The highest BCUT2D eigenvalue weighted by atomic mass is 35.5. The van der Waals surface area contributed by atoms with Crippen LogP contribution in [0.25, 0.3) is 0 Å². The Balaban J connectivity index is 1.84. The normalized spacial score (nSPS) is 10.3. The first-order valence-corrected chi connectivity index (χ1v) is 7.37. The number of halogens is 1. The first-order chi connectivity index (χ1) is 9.78. The molecule has 0 aliphatic rings. The summed E-state index contributed by atoms with van der Waals surface area (Å²) >= 11 is 5.95. The predicted molar refractivity (Wildman–Crippen MR) is 85.6 cm³/mol. The van der Waals surface area contributed by atoms with Crippen LogP contribution in [-0.4, -0.2) is 6.61 Å². The van der Waals surface area contributed by atoms with Gasteiger partial charge in [-0.1, -0.05) is 43.1 Å². The molecule has 0 radical (unpaired) electrons. The molecule has 0 bridgehead atoms. The first-order valence-electron chi connectivity index (χ1n) is 6.99. The Kier molecular flexibility index (Phi) is 5.75. The van der Waals surface area contributed by atoms with E-state index in [1.165, 1.54) is 5.56 Å². The lowest BCUT2D eigenvalue weighted by Gasteiger charge is -2.09. The lowest BCUT2D eigenvalue weighted by Crippen LogP contribution is -2.00. The second-order valence-corrected chi connectivity index (χ2v) is 5.15. The van der Waals surface area contributed by atoms with E-state index in [2.05, 4.69) is 24.4 Å². The first kappa shape index (κ1) is 14.7. The average molecular weight is 290 g/mol. The van der Waals surface area contributed by atoms with E-state index in [0.717, 1.165) is 42.5 Å². The zero-order valence-corrected chi connectivity index (χ0v) is 12.5. The van der Waals surface area contributed by atoms with Crippen molar-refractivity contribution >= 4 is 17.3 Å². The molecule has 3 heteroatoms. The summed E-state index contributed by atoms with van der Waals surface area (Å²) in [4.78, 5) is 0. The standard InChI is InChI=1S/C17H20ClNO/c1-2-3-11-20-17-9-7-14(8-10-17)13-19-16-6-4-5-15(18)12-16/h4-10,12,19H,2-3,11,13H2,1H3. The van der Waals surface area contributed by atoms with Gasteiger partial charge in [0.25, 0.3) is 0 Å². The zero-order valence-electron chi connectivity index (χ0n) is 11.7. The molecule has 0 saturated carbocycles. The number of rotatable bonds is 7. The maximum atomic E-state index is 5.95. The summed E-state index contributed by atoms with van der Waals surface area (Å²) < 4.78 is 5.64. The van der Waals surface area contributed by atoms with Gasteiger partial charge in [-0.2, -0.15) is 0 Å². The van der Waals surface area contributed by atoms with E-state index >= 15 is 0 Å². The topological polar surface area (TPSA) is 21.3 Å². The van der Waals surface area contributed by atoms with E-state index in [9.17, 15) is 0 Å². The highest BCUT2D eigenvalue weighted by Crippen LogP contribution is 2.17. The number of nitrogens with one attached hydrogen (secondary N) is 1. The molecular weight excluding hydrogens is 270 g/mol. The highest BCUT2D eigenvalue weighted by Gasteiger charge is 1.97. The third kappa shape index (κ3) is 4.78. The van der Waals surface area contributed by atoms with Crippen molar-refractivity contribution in [2.24, 2.45) is 0 Å². The second kappa shape index (κ2) is 7.81. The van der Waals surface area contributed by atoms with Crippen molar-refractivity contribution in [2.45, 2.75) is 26.3 Å². The van der Waals surface area contributed by atoms with Gasteiger partial charge in [0.05, 0.1) is 6.61 Å². The molecule has 0 unspecified atom stereocenters. The molecule has 2 aromatic rings. The predicted octanol–water partition coefficient (Wildman–Crippen LogP) is 5.13. The molecule has 2 aromatic carbocycles. The molecule has 0 amide bonds.